The number of nitrogens with zero attached hydrogens (tertiary/aromatic N) is 6. The van der Waals surface area contributed by atoms with E-state index in [2.05, 4.69) is 24.6 Å². The third-order valence-corrected chi connectivity index (χ3v) is 5.79. The van der Waals surface area contributed by atoms with Crippen LogP contribution in [0.4, 0.5) is 0 Å². The van der Waals surface area contributed by atoms with Crippen molar-refractivity contribution in [2.45, 2.75) is 65.1 Å². The van der Waals surface area contributed by atoms with Gasteiger partial charge in [0.25, 0.3) is 5.56 Å². The molecule has 2 aliphatic heterocycles. The molecule has 7 heteroatoms. The normalized spacial score (nSPS) is 19.3. The van der Waals surface area contributed by atoms with E-state index in [0.29, 0.717) is 5.92 Å². The number of hydrogen-bond donors (Lipinski definition) is 0. The van der Waals surface area contributed by atoms with E-state index in [0.717, 1.165) is 63.4 Å². The lowest BCUT2D eigenvalue weighted by atomic mass is 9.96. The average Bonchev–Trinajstić information content (AvgIpc) is 2.87. The fraction of sp³-hybridized carbons (Fsp3) is 0.684. The van der Waals surface area contributed by atoms with E-state index in [1.54, 1.807) is 17.1 Å². The molecule has 1 fully saturated rings. The molecule has 0 N–H and O–H groups in total. The molecule has 4 rings (SSSR count). The highest BCUT2D eigenvalue weighted by molar-refractivity contribution is 5.01. The molecule has 1 saturated heterocycles. The molecule has 0 atom stereocenters. The highest BCUT2D eigenvalue weighted by atomic mass is 16.1. The smallest absolute Gasteiger partial charge is 0.256 e. The summed E-state index contributed by atoms with van der Waals surface area (Å²) in [5.41, 5.74) is 0.811. The van der Waals surface area contributed by atoms with Crippen molar-refractivity contribution in [3.63, 3.8) is 0 Å². The van der Waals surface area contributed by atoms with Crippen LogP contribution >= 0.6 is 0 Å². The minimum absolute atomic E-state index is 0.0913. The summed E-state index contributed by atoms with van der Waals surface area (Å²) in [6, 6.07) is 0. The molecule has 2 aromatic heterocycles. The first-order chi connectivity index (χ1) is 12.7. The molecule has 0 radical (unpaired) electrons. The molecule has 0 aromatic carbocycles. The van der Waals surface area contributed by atoms with Crippen molar-refractivity contribution in [3.05, 3.63) is 40.1 Å². The van der Waals surface area contributed by atoms with Crippen LogP contribution in [-0.4, -0.2) is 42.3 Å². The molecule has 0 amide bonds. The topological polar surface area (TPSA) is 68.8 Å². The molecule has 140 valence electrons. The van der Waals surface area contributed by atoms with E-state index < -0.39 is 0 Å². The fourth-order valence-electron chi connectivity index (χ4n) is 4.16. The van der Waals surface area contributed by atoms with Crippen LogP contribution in [0.2, 0.25) is 0 Å². The van der Waals surface area contributed by atoms with Crippen LogP contribution in [0.25, 0.3) is 0 Å². The monoisotopic (exact) mass is 356 g/mol. The molecule has 4 heterocycles. The molecule has 26 heavy (non-hydrogen) atoms. The van der Waals surface area contributed by atoms with E-state index in [1.165, 1.54) is 25.1 Å². The molecule has 7 nitrogen and oxygen atoms in total. The third kappa shape index (κ3) is 3.72. The Kier molecular flexibility index (Phi) is 5.15. The molecule has 0 unspecified atom stereocenters. The summed E-state index contributed by atoms with van der Waals surface area (Å²) in [5, 5.41) is 8.87. The van der Waals surface area contributed by atoms with E-state index in [1.807, 2.05) is 6.92 Å². The summed E-state index contributed by atoms with van der Waals surface area (Å²) < 4.78 is 4.12. The van der Waals surface area contributed by atoms with Gasteiger partial charge in [-0.1, -0.05) is 6.42 Å². The Hall–Kier alpha value is -2.02. The van der Waals surface area contributed by atoms with Gasteiger partial charge in [-0.2, -0.15) is 0 Å². The van der Waals surface area contributed by atoms with E-state index in [9.17, 15) is 4.79 Å². The van der Waals surface area contributed by atoms with Crippen molar-refractivity contribution < 1.29 is 0 Å². The summed E-state index contributed by atoms with van der Waals surface area (Å²) in [4.78, 5) is 18.8. The summed E-state index contributed by atoms with van der Waals surface area (Å²) in [7, 11) is 0. The average molecular weight is 356 g/mol. The van der Waals surface area contributed by atoms with Crippen LogP contribution in [0, 0.1) is 12.8 Å². The van der Waals surface area contributed by atoms with Crippen molar-refractivity contribution in [1.82, 2.24) is 29.2 Å². The Labute approximate surface area is 154 Å². The van der Waals surface area contributed by atoms with E-state index >= 15 is 0 Å². The van der Waals surface area contributed by atoms with Crippen LogP contribution < -0.4 is 5.56 Å². The number of fused-ring (bicyclic) bond motifs is 1. The summed E-state index contributed by atoms with van der Waals surface area (Å²) >= 11 is 0. The number of likely N-dealkylation sites (tertiary alicyclic amines) is 1. The van der Waals surface area contributed by atoms with Gasteiger partial charge in [0.15, 0.2) is 0 Å². The van der Waals surface area contributed by atoms with Gasteiger partial charge in [0, 0.05) is 31.3 Å². The molecule has 0 aliphatic carbocycles. The van der Waals surface area contributed by atoms with Gasteiger partial charge < -0.3 is 4.57 Å². The fourth-order valence-corrected chi connectivity index (χ4v) is 4.16. The zero-order chi connectivity index (χ0) is 17.9. The lowest BCUT2D eigenvalue weighted by molar-refractivity contribution is 0.161. The minimum Gasteiger partial charge on any atom is -0.314 e. The predicted molar refractivity (Wildman–Crippen MR) is 98.8 cm³/mol. The Morgan fingerprint density at radius 3 is 2.81 bits per heavy atom. The predicted octanol–water partition coefficient (Wildman–Crippen LogP) is 1.78. The molecule has 0 bridgehead atoms. The van der Waals surface area contributed by atoms with Crippen molar-refractivity contribution in [2.75, 3.05) is 13.1 Å². The SMILES string of the molecule is Cc1cncn(CC2CCN(Cc3nnc4n3CCCCC4)CC2)c1=O. The number of hydrogen-bond acceptors (Lipinski definition) is 5. The second-order valence-electron chi connectivity index (χ2n) is 7.75. The number of aromatic nitrogens is 5. The second-order valence-corrected chi connectivity index (χ2v) is 7.75. The minimum atomic E-state index is 0.0913. The highest BCUT2D eigenvalue weighted by Crippen LogP contribution is 2.21. The summed E-state index contributed by atoms with van der Waals surface area (Å²) in [6.45, 7) is 6.68. The quantitative estimate of drug-likeness (QED) is 0.835. The van der Waals surface area contributed by atoms with Crippen LogP contribution in [-0.2, 0) is 26.1 Å². The Morgan fingerprint density at radius 1 is 1.12 bits per heavy atom. The molecule has 2 aromatic rings. The first-order valence-corrected chi connectivity index (χ1v) is 9.85. The van der Waals surface area contributed by atoms with Crippen molar-refractivity contribution in [2.24, 2.45) is 5.92 Å². The summed E-state index contributed by atoms with van der Waals surface area (Å²) in [6.07, 6.45) is 10.4. The molecular formula is C19H28N6O. The largest absolute Gasteiger partial charge is 0.314 e. The van der Waals surface area contributed by atoms with Crippen molar-refractivity contribution in [3.8, 4) is 0 Å². The van der Waals surface area contributed by atoms with Gasteiger partial charge in [-0.15, -0.1) is 10.2 Å². The number of rotatable bonds is 4. The zero-order valence-electron chi connectivity index (χ0n) is 15.6. The maximum atomic E-state index is 12.2. The van der Waals surface area contributed by atoms with Gasteiger partial charge in [-0.3, -0.25) is 14.3 Å². The van der Waals surface area contributed by atoms with E-state index in [-0.39, 0.29) is 5.56 Å². The first-order valence-electron chi connectivity index (χ1n) is 9.85. The van der Waals surface area contributed by atoms with Crippen LogP contribution in [0.15, 0.2) is 17.3 Å². The van der Waals surface area contributed by atoms with Gasteiger partial charge >= 0.3 is 0 Å². The molecule has 2 aliphatic rings. The van der Waals surface area contributed by atoms with Gasteiger partial charge in [0.05, 0.1) is 12.9 Å². The molecule has 0 saturated carbocycles. The van der Waals surface area contributed by atoms with Gasteiger partial charge in [-0.25, -0.2) is 4.98 Å². The van der Waals surface area contributed by atoms with Gasteiger partial charge in [0.1, 0.15) is 11.6 Å². The van der Waals surface area contributed by atoms with Crippen LogP contribution in [0.3, 0.4) is 0 Å². The summed E-state index contributed by atoms with van der Waals surface area (Å²) in [5.74, 6) is 2.83. The molecule has 0 spiro atoms. The maximum absolute atomic E-state index is 12.2. The Bertz CT molecular complexity index is 803. The zero-order valence-corrected chi connectivity index (χ0v) is 15.6. The highest BCUT2D eigenvalue weighted by Gasteiger charge is 2.23. The van der Waals surface area contributed by atoms with Crippen LogP contribution in [0.1, 0.15) is 49.3 Å². The van der Waals surface area contributed by atoms with Gasteiger partial charge in [0.2, 0.25) is 0 Å². The lowest BCUT2D eigenvalue weighted by Gasteiger charge is -2.31. The van der Waals surface area contributed by atoms with Crippen molar-refractivity contribution in [1.29, 1.82) is 0 Å². The number of aryl methyl sites for hydroxylation is 2. The first kappa shape index (κ1) is 17.4. The Balaban J connectivity index is 1.33. The lowest BCUT2D eigenvalue weighted by Crippen LogP contribution is -2.36. The van der Waals surface area contributed by atoms with E-state index in [4.69, 9.17) is 0 Å². The third-order valence-electron chi connectivity index (χ3n) is 5.79. The second kappa shape index (κ2) is 7.70. The Morgan fingerprint density at radius 2 is 1.96 bits per heavy atom. The number of piperidine rings is 1. The van der Waals surface area contributed by atoms with Crippen LogP contribution in [0.5, 0.6) is 0 Å². The molecular weight excluding hydrogens is 328 g/mol. The standard InChI is InChI=1S/C19H28N6O/c1-15-11-20-14-24(19(15)26)12-16-6-9-23(10-7-16)13-18-22-21-17-5-3-2-4-8-25(17)18/h11,14,16H,2-10,12-13H2,1H3. The maximum Gasteiger partial charge on any atom is 0.256 e. The van der Waals surface area contributed by atoms with Crippen molar-refractivity contribution >= 4 is 0 Å². The van der Waals surface area contributed by atoms with Gasteiger partial charge in [-0.05, 0) is 51.6 Å².